The zero-order valence-corrected chi connectivity index (χ0v) is 6.76. The van der Waals surface area contributed by atoms with Gasteiger partial charge in [0, 0.05) is 0 Å². The first-order valence-electron chi connectivity index (χ1n) is 3.39. The zero-order valence-electron chi connectivity index (χ0n) is 5.18. The van der Waals surface area contributed by atoms with Crippen molar-refractivity contribution < 1.29 is 0 Å². The predicted octanol–water partition coefficient (Wildman–Crippen LogP) is 2.86. The van der Waals surface area contributed by atoms with Crippen LogP contribution in [0.4, 0.5) is 0 Å². The molecule has 0 heterocycles. The van der Waals surface area contributed by atoms with Gasteiger partial charge in [0.1, 0.15) is 0 Å². The maximum Gasteiger partial charge on any atom is -0.00367 e. The lowest BCUT2D eigenvalue weighted by atomic mass is 9.94. The Balaban J connectivity index is 2.27. The molecule has 0 unspecified atom stereocenters. The standard InChI is InChI=1S/C8H9Br/c9-8-4-6-1-2-7(3-6)5-8/h1-2,4,6-7H,3,5H2/t6-,7-/m0/s1. The van der Waals surface area contributed by atoms with Crippen LogP contribution in [0.2, 0.25) is 0 Å². The molecule has 0 spiro atoms. The normalized spacial score (nSPS) is 39.0. The van der Waals surface area contributed by atoms with Crippen molar-refractivity contribution in [1.82, 2.24) is 0 Å². The Morgan fingerprint density at radius 2 is 2.33 bits per heavy atom. The van der Waals surface area contributed by atoms with Crippen molar-refractivity contribution in [3.05, 3.63) is 22.7 Å². The number of rotatable bonds is 0. The smallest absolute Gasteiger partial charge is 0.00367 e. The molecule has 0 aromatic rings. The third-order valence-electron chi connectivity index (χ3n) is 2.06. The van der Waals surface area contributed by atoms with Crippen molar-refractivity contribution >= 4 is 15.9 Å². The highest BCUT2D eigenvalue weighted by Gasteiger charge is 2.22. The predicted molar refractivity (Wildman–Crippen MR) is 42.4 cm³/mol. The van der Waals surface area contributed by atoms with Crippen LogP contribution in [-0.4, -0.2) is 0 Å². The summed E-state index contributed by atoms with van der Waals surface area (Å²) in [4.78, 5) is 0. The van der Waals surface area contributed by atoms with Gasteiger partial charge in [0.15, 0.2) is 0 Å². The van der Waals surface area contributed by atoms with E-state index in [9.17, 15) is 0 Å². The van der Waals surface area contributed by atoms with E-state index >= 15 is 0 Å². The molecule has 0 amide bonds. The van der Waals surface area contributed by atoms with Crippen molar-refractivity contribution in [2.75, 3.05) is 0 Å². The molecule has 0 radical (unpaired) electrons. The molecule has 48 valence electrons. The quantitative estimate of drug-likeness (QED) is 0.509. The van der Waals surface area contributed by atoms with E-state index in [0.29, 0.717) is 0 Å². The highest BCUT2D eigenvalue weighted by molar-refractivity contribution is 9.11. The second kappa shape index (κ2) is 1.98. The lowest BCUT2D eigenvalue weighted by Crippen LogP contribution is -2.01. The van der Waals surface area contributed by atoms with Gasteiger partial charge in [0.05, 0.1) is 0 Å². The first-order valence-corrected chi connectivity index (χ1v) is 4.18. The summed E-state index contributed by atoms with van der Waals surface area (Å²) in [6.07, 6.45) is 9.57. The maximum absolute atomic E-state index is 3.53. The number of halogens is 1. The molecule has 2 aliphatic carbocycles. The van der Waals surface area contributed by atoms with E-state index in [1.165, 1.54) is 17.3 Å². The molecule has 0 fully saturated rings. The second-order valence-electron chi connectivity index (χ2n) is 2.86. The first-order chi connectivity index (χ1) is 4.34. The Morgan fingerprint density at radius 1 is 1.44 bits per heavy atom. The van der Waals surface area contributed by atoms with Gasteiger partial charge in [0.2, 0.25) is 0 Å². The molecule has 0 saturated carbocycles. The molecule has 0 aliphatic heterocycles. The van der Waals surface area contributed by atoms with Crippen LogP contribution in [0.3, 0.4) is 0 Å². The molecule has 0 nitrogen and oxygen atoms in total. The van der Waals surface area contributed by atoms with Gasteiger partial charge in [-0.3, -0.25) is 0 Å². The van der Waals surface area contributed by atoms with Crippen molar-refractivity contribution in [2.45, 2.75) is 12.8 Å². The molecule has 0 saturated heterocycles. The Bertz CT molecular complexity index is 179. The van der Waals surface area contributed by atoms with Gasteiger partial charge < -0.3 is 0 Å². The Labute approximate surface area is 63.8 Å². The van der Waals surface area contributed by atoms with Gasteiger partial charge in [-0.25, -0.2) is 0 Å². The van der Waals surface area contributed by atoms with Gasteiger partial charge in [-0.1, -0.05) is 34.2 Å². The molecule has 1 heteroatoms. The third kappa shape index (κ3) is 0.983. The van der Waals surface area contributed by atoms with Crippen LogP contribution >= 0.6 is 15.9 Å². The molecule has 2 rings (SSSR count). The van der Waals surface area contributed by atoms with E-state index in [1.807, 2.05) is 0 Å². The molecule has 2 aliphatic rings. The van der Waals surface area contributed by atoms with Crippen LogP contribution in [0.25, 0.3) is 0 Å². The van der Waals surface area contributed by atoms with Crippen molar-refractivity contribution in [3.8, 4) is 0 Å². The van der Waals surface area contributed by atoms with Gasteiger partial charge in [-0.15, -0.1) is 0 Å². The largest absolute Gasteiger partial charge is 0.0844 e. The minimum atomic E-state index is 0.748. The minimum absolute atomic E-state index is 0.748. The summed E-state index contributed by atoms with van der Waals surface area (Å²) in [6.45, 7) is 0. The second-order valence-corrected chi connectivity index (χ2v) is 3.88. The fraction of sp³-hybridized carbons (Fsp3) is 0.500. The number of allylic oxidation sites excluding steroid dienone is 4. The average Bonchev–Trinajstić information content (AvgIpc) is 2.11. The van der Waals surface area contributed by atoms with E-state index in [2.05, 4.69) is 34.2 Å². The fourth-order valence-corrected chi connectivity index (χ4v) is 2.39. The van der Waals surface area contributed by atoms with Crippen LogP contribution in [0.5, 0.6) is 0 Å². The van der Waals surface area contributed by atoms with Crippen LogP contribution in [0, 0.1) is 11.8 Å². The molecule has 2 bridgehead atoms. The van der Waals surface area contributed by atoms with Gasteiger partial charge >= 0.3 is 0 Å². The lowest BCUT2D eigenvalue weighted by Gasteiger charge is -2.14. The van der Waals surface area contributed by atoms with Crippen LogP contribution < -0.4 is 0 Å². The van der Waals surface area contributed by atoms with E-state index in [-0.39, 0.29) is 0 Å². The summed E-state index contributed by atoms with van der Waals surface area (Å²) in [5.41, 5.74) is 0. The minimum Gasteiger partial charge on any atom is -0.0844 e. The topological polar surface area (TPSA) is 0 Å². The van der Waals surface area contributed by atoms with E-state index < -0.39 is 0 Å². The highest BCUT2D eigenvalue weighted by Crippen LogP contribution is 2.37. The lowest BCUT2D eigenvalue weighted by molar-refractivity contribution is 0.557. The van der Waals surface area contributed by atoms with Crippen LogP contribution in [0.1, 0.15) is 12.8 Å². The van der Waals surface area contributed by atoms with E-state index in [4.69, 9.17) is 0 Å². The molecular weight excluding hydrogens is 176 g/mol. The highest BCUT2D eigenvalue weighted by atomic mass is 79.9. The third-order valence-corrected chi connectivity index (χ3v) is 2.65. The molecule has 0 aromatic heterocycles. The van der Waals surface area contributed by atoms with Crippen molar-refractivity contribution in [1.29, 1.82) is 0 Å². The van der Waals surface area contributed by atoms with Crippen molar-refractivity contribution in [3.63, 3.8) is 0 Å². The molecule has 0 N–H and O–H groups in total. The SMILES string of the molecule is BrC1=C[C@H]2C=C[C@H](C1)C2. The summed E-state index contributed by atoms with van der Waals surface area (Å²) >= 11 is 3.53. The monoisotopic (exact) mass is 184 g/mol. The summed E-state index contributed by atoms with van der Waals surface area (Å²) < 4.78 is 1.40. The first kappa shape index (κ1) is 5.72. The number of hydrogen-bond donors (Lipinski definition) is 0. The summed E-state index contributed by atoms with van der Waals surface area (Å²) in [5.74, 6) is 1.59. The summed E-state index contributed by atoms with van der Waals surface area (Å²) in [5, 5.41) is 0. The molecule has 2 atom stereocenters. The van der Waals surface area contributed by atoms with Crippen molar-refractivity contribution in [2.24, 2.45) is 11.8 Å². The van der Waals surface area contributed by atoms with E-state index in [0.717, 1.165) is 11.8 Å². The Morgan fingerprint density at radius 3 is 3.11 bits per heavy atom. The molecule has 0 aromatic carbocycles. The summed E-state index contributed by atoms with van der Waals surface area (Å²) in [6, 6.07) is 0. The Kier molecular flexibility index (Phi) is 1.26. The van der Waals surface area contributed by atoms with Crippen LogP contribution in [0.15, 0.2) is 22.7 Å². The number of hydrogen-bond acceptors (Lipinski definition) is 0. The molecule has 9 heavy (non-hydrogen) atoms. The average molecular weight is 185 g/mol. The van der Waals surface area contributed by atoms with E-state index in [1.54, 1.807) is 0 Å². The zero-order chi connectivity index (χ0) is 6.27. The summed E-state index contributed by atoms with van der Waals surface area (Å²) in [7, 11) is 0. The van der Waals surface area contributed by atoms with Gasteiger partial charge in [-0.05, 0) is 29.2 Å². The Hall–Kier alpha value is -0.0400. The van der Waals surface area contributed by atoms with Crippen LogP contribution in [-0.2, 0) is 0 Å². The maximum atomic E-state index is 3.53. The van der Waals surface area contributed by atoms with Gasteiger partial charge in [0.25, 0.3) is 0 Å². The fourth-order valence-electron chi connectivity index (χ4n) is 1.63. The number of fused-ring (bicyclic) bond motifs is 2. The molecular formula is C8H9Br. The van der Waals surface area contributed by atoms with Gasteiger partial charge in [-0.2, -0.15) is 0 Å².